The first-order valence-corrected chi connectivity index (χ1v) is 9.17. The van der Waals surface area contributed by atoms with Gasteiger partial charge >= 0.3 is 0 Å². The van der Waals surface area contributed by atoms with Crippen molar-refractivity contribution < 1.29 is 14.1 Å². The lowest BCUT2D eigenvalue weighted by Crippen LogP contribution is -2.30. The highest BCUT2D eigenvalue weighted by atomic mass is 16.5. The molecule has 7 heteroatoms. The maximum absolute atomic E-state index is 12.3. The second kappa shape index (κ2) is 8.80. The van der Waals surface area contributed by atoms with Crippen LogP contribution in [0.4, 0.5) is 0 Å². The number of aryl methyl sites for hydroxylation is 1. The molecule has 0 aliphatic carbocycles. The second-order valence-corrected chi connectivity index (χ2v) is 6.52. The molecule has 2 heterocycles. The molecule has 0 saturated carbocycles. The van der Waals surface area contributed by atoms with E-state index in [2.05, 4.69) is 15.5 Å². The molecule has 1 aliphatic heterocycles. The topological polar surface area (TPSA) is 80.5 Å². The first kappa shape index (κ1) is 18.4. The number of rotatable bonds is 8. The summed E-state index contributed by atoms with van der Waals surface area (Å²) in [5.41, 5.74) is 0.865. The van der Waals surface area contributed by atoms with E-state index in [0.29, 0.717) is 37.1 Å². The van der Waals surface area contributed by atoms with Gasteiger partial charge in [-0.2, -0.15) is 4.98 Å². The minimum atomic E-state index is 0.157. The Morgan fingerprint density at radius 1 is 1.38 bits per heavy atom. The first-order valence-electron chi connectivity index (χ1n) is 9.17. The molecule has 7 nitrogen and oxygen atoms in total. The summed E-state index contributed by atoms with van der Waals surface area (Å²) in [7, 11) is 1.95. The largest absolute Gasteiger partial charge is 0.494 e. The Balaban J connectivity index is 1.51. The first-order chi connectivity index (χ1) is 12.7. The molecule has 1 amide bonds. The Hall–Kier alpha value is -2.41. The standard InChI is InChI=1S/C19H26N4O3/c1-3-25-16-6-4-15(5-7-16)19-21-17(26-22-19)8-9-18(24)23-11-10-14(13-23)12-20-2/h4-7,14,20H,3,8-13H2,1-2H3. The number of hydrogen-bond donors (Lipinski definition) is 1. The Morgan fingerprint density at radius 3 is 2.92 bits per heavy atom. The number of aromatic nitrogens is 2. The van der Waals surface area contributed by atoms with Gasteiger partial charge in [0.2, 0.25) is 17.6 Å². The molecule has 1 fully saturated rings. The molecule has 1 unspecified atom stereocenters. The van der Waals surface area contributed by atoms with Crippen molar-refractivity contribution in [3.63, 3.8) is 0 Å². The zero-order valence-electron chi connectivity index (χ0n) is 15.4. The monoisotopic (exact) mass is 358 g/mol. The number of likely N-dealkylation sites (tertiary alicyclic amines) is 1. The van der Waals surface area contributed by atoms with Crippen LogP contribution in [0.25, 0.3) is 11.4 Å². The summed E-state index contributed by atoms with van der Waals surface area (Å²) in [5.74, 6) is 2.55. The van der Waals surface area contributed by atoms with Crippen molar-refractivity contribution in [3.05, 3.63) is 30.2 Å². The van der Waals surface area contributed by atoms with Crippen LogP contribution in [0.3, 0.4) is 0 Å². The molecule has 1 aromatic heterocycles. The van der Waals surface area contributed by atoms with Crippen molar-refractivity contribution in [3.8, 4) is 17.1 Å². The molecule has 1 saturated heterocycles. The lowest BCUT2D eigenvalue weighted by molar-refractivity contribution is -0.130. The van der Waals surface area contributed by atoms with E-state index in [1.54, 1.807) is 0 Å². The van der Waals surface area contributed by atoms with Gasteiger partial charge in [0.05, 0.1) is 6.61 Å². The summed E-state index contributed by atoms with van der Waals surface area (Å²) in [4.78, 5) is 18.7. The predicted molar refractivity (Wildman–Crippen MR) is 97.8 cm³/mol. The average molecular weight is 358 g/mol. The van der Waals surface area contributed by atoms with Gasteiger partial charge in [0.15, 0.2) is 0 Å². The van der Waals surface area contributed by atoms with Crippen molar-refractivity contribution in [2.45, 2.75) is 26.2 Å². The molecule has 1 atom stereocenters. The van der Waals surface area contributed by atoms with E-state index in [-0.39, 0.29) is 5.91 Å². The third-order valence-electron chi connectivity index (χ3n) is 4.58. The van der Waals surface area contributed by atoms with Crippen LogP contribution >= 0.6 is 0 Å². The minimum Gasteiger partial charge on any atom is -0.494 e. The minimum absolute atomic E-state index is 0.157. The summed E-state index contributed by atoms with van der Waals surface area (Å²) < 4.78 is 10.7. The number of ether oxygens (including phenoxy) is 1. The number of carbonyl (C=O) groups is 1. The molecule has 1 N–H and O–H groups in total. The number of amides is 1. The Bertz CT molecular complexity index is 714. The maximum atomic E-state index is 12.3. The lowest BCUT2D eigenvalue weighted by Gasteiger charge is -2.15. The summed E-state index contributed by atoms with van der Waals surface area (Å²) in [6, 6.07) is 7.56. The van der Waals surface area contributed by atoms with Crippen molar-refractivity contribution in [1.82, 2.24) is 20.4 Å². The summed E-state index contributed by atoms with van der Waals surface area (Å²) >= 11 is 0. The summed E-state index contributed by atoms with van der Waals surface area (Å²) in [6.45, 7) is 5.21. The van der Waals surface area contributed by atoms with Crippen molar-refractivity contribution in [2.24, 2.45) is 5.92 Å². The quantitative estimate of drug-likeness (QED) is 0.779. The van der Waals surface area contributed by atoms with Crippen LogP contribution in [-0.4, -0.2) is 54.2 Å². The van der Waals surface area contributed by atoms with E-state index in [9.17, 15) is 4.79 Å². The van der Waals surface area contributed by atoms with E-state index in [1.165, 1.54) is 0 Å². The van der Waals surface area contributed by atoms with E-state index in [4.69, 9.17) is 9.26 Å². The fourth-order valence-corrected chi connectivity index (χ4v) is 3.23. The molecule has 2 aromatic rings. The van der Waals surface area contributed by atoms with Gasteiger partial charge in [-0.15, -0.1) is 0 Å². The summed E-state index contributed by atoms with van der Waals surface area (Å²) in [6.07, 6.45) is 1.93. The zero-order chi connectivity index (χ0) is 18.4. The molecule has 1 aliphatic rings. The number of hydrogen-bond acceptors (Lipinski definition) is 6. The van der Waals surface area contributed by atoms with Gasteiger partial charge in [0.25, 0.3) is 0 Å². The Kier molecular flexibility index (Phi) is 6.22. The number of nitrogens with one attached hydrogen (secondary N) is 1. The third kappa shape index (κ3) is 4.60. The SMILES string of the molecule is CCOc1ccc(-c2noc(CCC(=O)N3CCC(CNC)C3)n2)cc1. The molecule has 0 bridgehead atoms. The molecule has 1 aromatic carbocycles. The third-order valence-corrected chi connectivity index (χ3v) is 4.58. The lowest BCUT2D eigenvalue weighted by atomic mass is 10.1. The van der Waals surface area contributed by atoms with Crippen LogP contribution in [0, 0.1) is 5.92 Å². The molecular weight excluding hydrogens is 332 g/mol. The fraction of sp³-hybridized carbons (Fsp3) is 0.526. The molecule has 26 heavy (non-hydrogen) atoms. The van der Waals surface area contributed by atoms with Gasteiger partial charge in [0.1, 0.15) is 5.75 Å². The molecule has 3 rings (SSSR count). The molecule has 0 radical (unpaired) electrons. The predicted octanol–water partition coefficient (Wildman–Crippen LogP) is 2.14. The summed E-state index contributed by atoms with van der Waals surface area (Å²) in [5, 5.41) is 7.19. The van der Waals surface area contributed by atoms with Crippen LogP contribution in [0.2, 0.25) is 0 Å². The normalized spacial score (nSPS) is 16.8. The van der Waals surface area contributed by atoms with Crippen molar-refractivity contribution in [2.75, 3.05) is 33.3 Å². The highest BCUT2D eigenvalue weighted by Crippen LogP contribution is 2.21. The van der Waals surface area contributed by atoms with E-state index in [0.717, 1.165) is 37.4 Å². The van der Waals surface area contributed by atoms with E-state index < -0.39 is 0 Å². The fourth-order valence-electron chi connectivity index (χ4n) is 3.23. The van der Waals surface area contributed by atoms with Crippen LogP contribution in [0.15, 0.2) is 28.8 Å². The zero-order valence-corrected chi connectivity index (χ0v) is 15.4. The number of carbonyl (C=O) groups excluding carboxylic acids is 1. The van der Waals surface area contributed by atoms with Crippen LogP contribution < -0.4 is 10.1 Å². The number of benzene rings is 1. The van der Waals surface area contributed by atoms with E-state index in [1.807, 2.05) is 43.1 Å². The van der Waals surface area contributed by atoms with Gasteiger partial charge in [-0.3, -0.25) is 4.79 Å². The van der Waals surface area contributed by atoms with Crippen molar-refractivity contribution >= 4 is 5.91 Å². The maximum Gasteiger partial charge on any atom is 0.227 e. The van der Waals surface area contributed by atoms with Crippen molar-refractivity contribution in [1.29, 1.82) is 0 Å². The smallest absolute Gasteiger partial charge is 0.227 e. The Labute approximate surface area is 153 Å². The molecule has 0 spiro atoms. The average Bonchev–Trinajstić information content (AvgIpc) is 3.31. The molecule has 140 valence electrons. The van der Waals surface area contributed by atoms with Crippen LogP contribution in [0.5, 0.6) is 5.75 Å². The molecular formula is C19H26N4O3. The highest BCUT2D eigenvalue weighted by molar-refractivity contribution is 5.76. The van der Waals surface area contributed by atoms with Crippen LogP contribution in [-0.2, 0) is 11.2 Å². The van der Waals surface area contributed by atoms with E-state index >= 15 is 0 Å². The number of nitrogens with zero attached hydrogens (tertiary/aromatic N) is 3. The van der Waals surface area contributed by atoms with Gasteiger partial charge in [-0.25, -0.2) is 0 Å². The van der Waals surface area contributed by atoms with Gasteiger partial charge in [-0.05, 0) is 57.1 Å². The van der Waals surface area contributed by atoms with Crippen LogP contribution in [0.1, 0.15) is 25.7 Å². The van der Waals surface area contributed by atoms with Gasteiger partial charge < -0.3 is 19.5 Å². The Morgan fingerprint density at radius 2 is 2.19 bits per heavy atom. The highest BCUT2D eigenvalue weighted by Gasteiger charge is 2.25. The van der Waals surface area contributed by atoms with Gasteiger partial charge in [0, 0.05) is 31.5 Å². The second-order valence-electron chi connectivity index (χ2n) is 6.52. The van der Waals surface area contributed by atoms with Gasteiger partial charge in [-0.1, -0.05) is 5.16 Å².